The van der Waals surface area contributed by atoms with Crippen molar-refractivity contribution in [1.82, 2.24) is 0 Å². The van der Waals surface area contributed by atoms with E-state index in [1.807, 2.05) is 0 Å². The van der Waals surface area contributed by atoms with E-state index < -0.39 is 0 Å². The molecule has 0 amide bonds. The molecule has 0 aliphatic heterocycles. The molecule has 2 nitrogen and oxygen atoms in total. The molecule has 0 radical (unpaired) electrons. The van der Waals surface area contributed by atoms with Crippen molar-refractivity contribution in [3.05, 3.63) is 34.9 Å². The van der Waals surface area contributed by atoms with E-state index in [1.54, 1.807) is 0 Å². The van der Waals surface area contributed by atoms with E-state index in [2.05, 4.69) is 39.0 Å². The quantitative estimate of drug-likeness (QED) is 0.840. The molecule has 2 rings (SSSR count). The molecule has 100 valence electrons. The molecule has 18 heavy (non-hydrogen) atoms. The molecule has 0 aromatic heterocycles. The van der Waals surface area contributed by atoms with Gasteiger partial charge in [0.25, 0.3) is 0 Å². The first kappa shape index (κ1) is 13.6. The highest BCUT2D eigenvalue weighted by molar-refractivity contribution is 5.32. The van der Waals surface area contributed by atoms with Gasteiger partial charge in [-0.15, -0.1) is 0 Å². The van der Waals surface area contributed by atoms with Crippen LogP contribution in [0.5, 0.6) is 0 Å². The van der Waals surface area contributed by atoms with E-state index in [4.69, 9.17) is 5.73 Å². The maximum absolute atomic E-state index is 10.5. The van der Waals surface area contributed by atoms with Gasteiger partial charge in [0.15, 0.2) is 0 Å². The SMILES string of the molecule is Cc1ccc(C(CN)C(O)C(C)C2CC2)cc1C. The van der Waals surface area contributed by atoms with Gasteiger partial charge >= 0.3 is 0 Å². The van der Waals surface area contributed by atoms with E-state index in [-0.39, 0.29) is 12.0 Å². The van der Waals surface area contributed by atoms with Crippen LogP contribution in [-0.4, -0.2) is 17.8 Å². The summed E-state index contributed by atoms with van der Waals surface area (Å²) in [5.74, 6) is 1.14. The molecular weight excluding hydrogens is 222 g/mol. The van der Waals surface area contributed by atoms with Crippen LogP contribution in [0.15, 0.2) is 18.2 Å². The molecule has 1 fully saturated rings. The maximum atomic E-state index is 10.5. The summed E-state index contributed by atoms with van der Waals surface area (Å²) < 4.78 is 0. The number of benzene rings is 1. The highest BCUT2D eigenvalue weighted by Gasteiger charge is 2.36. The minimum absolute atomic E-state index is 0.0694. The number of aryl methyl sites for hydroxylation is 2. The van der Waals surface area contributed by atoms with Gasteiger partial charge in [0.2, 0.25) is 0 Å². The van der Waals surface area contributed by atoms with Gasteiger partial charge in [0.1, 0.15) is 0 Å². The molecule has 3 N–H and O–H groups in total. The topological polar surface area (TPSA) is 46.2 Å². The first-order chi connectivity index (χ1) is 8.54. The predicted octanol–water partition coefficient (Wildman–Crippen LogP) is 2.75. The second-order valence-corrected chi connectivity index (χ2v) is 5.87. The molecule has 0 heterocycles. The average Bonchev–Trinajstić information content (AvgIpc) is 3.17. The van der Waals surface area contributed by atoms with E-state index in [0.29, 0.717) is 18.4 Å². The number of aliphatic hydroxyl groups excluding tert-OH is 1. The van der Waals surface area contributed by atoms with Gasteiger partial charge in [0.05, 0.1) is 6.10 Å². The minimum Gasteiger partial charge on any atom is -0.392 e. The van der Waals surface area contributed by atoms with Gasteiger partial charge in [-0.2, -0.15) is 0 Å². The summed E-state index contributed by atoms with van der Waals surface area (Å²) in [6.45, 7) is 6.90. The van der Waals surface area contributed by atoms with Crippen molar-refractivity contribution in [2.75, 3.05) is 6.54 Å². The van der Waals surface area contributed by atoms with Crippen molar-refractivity contribution in [3.63, 3.8) is 0 Å². The lowest BCUT2D eigenvalue weighted by atomic mass is 9.83. The van der Waals surface area contributed by atoms with E-state index in [1.165, 1.54) is 29.5 Å². The van der Waals surface area contributed by atoms with E-state index in [9.17, 15) is 5.11 Å². The average molecular weight is 247 g/mol. The number of nitrogens with two attached hydrogens (primary N) is 1. The molecule has 3 unspecified atom stereocenters. The van der Waals surface area contributed by atoms with Crippen LogP contribution in [0.25, 0.3) is 0 Å². The molecule has 1 aliphatic carbocycles. The van der Waals surface area contributed by atoms with E-state index in [0.717, 1.165) is 0 Å². The lowest BCUT2D eigenvalue weighted by molar-refractivity contribution is 0.0801. The molecule has 2 heteroatoms. The molecule has 1 aromatic rings. The Bertz CT molecular complexity index is 412. The highest BCUT2D eigenvalue weighted by atomic mass is 16.3. The predicted molar refractivity (Wildman–Crippen MR) is 75.6 cm³/mol. The first-order valence-corrected chi connectivity index (χ1v) is 7.00. The molecule has 3 atom stereocenters. The number of hydrogen-bond donors (Lipinski definition) is 2. The van der Waals surface area contributed by atoms with Crippen LogP contribution in [0.2, 0.25) is 0 Å². The Morgan fingerprint density at radius 1 is 1.28 bits per heavy atom. The van der Waals surface area contributed by atoms with Crippen LogP contribution in [-0.2, 0) is 0 Å². The Balaban J connectivity index is 2.18. The molecule has 1 saturated carbocycles. The van der Waals surface area contributed by atoms with Gasteiger partial charge in [-0.25, -0.2) is 0 Å². The largest absolute Gasteiger partial charge is 0.392 e. The summed E-state index contributed by atoms with van der Waals surface area (Å²) in [4.78, 5) is 0. The molecule has 1 aliphatic rings. The van der Waals surface area contributed by atoms with Crippen LogP contribution >= 0.6 is 0 Å². The smallest absolute Gasteiger partial charge is 0.0648 e. The lowest BCUT2D eigenvalue weighted by Gasteiger charge is -2.27. The zero-order valence-corrected chi connectivity index (χ0v) is 11.7. The normalized spacial score (nSPS) is 20.5. The van der Waals surface area contributed by atoms with Crippen LogP contribution in [0, 0.1) is 25.7 Å². The third kappa shape index (κ3) is 2.76. The van der Waals surface area contributed by atoms with Gasteiger partial charge in [-0.1, -0.05) is 25.1 Å². The Kier molecular flexibility index (Phi) is 4.08. The first-order valence-electron chi connectivity index (χ1n) is 7.00. The molecule has 0 saturated heterocycles. The van der Waals surface area contributed by atoms with Gasteiger partial charge in [-0.05, 0) is 55.2 Å². The Morgan fingerprint density at radius 2 is 1.94 bits per heavy atom. The summed E-state index contributed by atoms with van der Waals surface area (Å²) in [6, 6.07) is 6.42. The lowest BCUT2D eigenvalue weighted by Crippen LogP contribution is -2.32. The van der Waals surface area contributed by atoms with Crippen molar-refractivity contribution >= 4 is 0 Å². The summed E-state index contributed by atoms with van der Waals surface area (Å²) in [5.41, 5.74) is 9.64. The monoisotopic (exact) mass is 247 g/mol. The standard InChI is InChI=1S/C16H25NO/c1-10-4-5-14(8-11(10)2)15(9-17)16(18)12(3)13-6-7-13/h4-5,8,12-13,15-16,18H,6-7,9,17H2,1-3H3. The molecule has 0 spiro atoms. The van der Waals surface area contributed by atoms with Crippen molar-refractivity contribution in [3.8, 4) is 0 Å². The van der Waals surface area contributed by atoms with Crippen LogP contribution in [0.1, 0.15) is 42.4 Å². The Hall–Kier alpha value is -0.860. The fraction of sp³-hybridized carbons (Fsp3) is 0.625. The fourth-order valence-electron chi connectivity index (χ4n) is 2.74. The van der Waals surface area contributed by atoms with E-state index >= 15 is 0 Å². The second-order valence-electron chi connectivity index (χ2n) is 5.87. The maximum Gasteiger partial charge on any atom is 0.0648 e. The summed E-state index contributed by atoms with van der Waals surface area (Å²) in [6.07, 6.45) is 2.22. The molecule has 0 bridgehead atoms. The Labute approximate surface area is 110 Å². The number of rotatable bonds is 5. The van der Waals surface area contributed by atoms with Gasteiger partial charge < -0.3 is 10.8 Å². The Morgan fingerprint density at radius 3 is 2.44 bits per heavy atom. The second kappa shape index (κ2) is 5.41. The third-order valence-corrected chi connectivity index (χ3v) is 4.53. The zero-order chi connectivity index (χ0) is 13.3. The van der Waals surface area contributed by atoms with Crippen LogP contribution in [0.4, 0.5) is 0 Å². The third-order valence-electron chi connectivity index (χ3n) is 4.53. The number of hydrogen-bond acceptors (Lipinski definition) is 2. The highest BCUT2D eigenvalue weighted by Crippen LogP contribution is 2.41. The summed E-state index contributed by atoms with van der Waals surface area (Å²) in [7, 11) is 0. The minimum atomic E-state index is -0.315. The van der Waals surface area contributed by atoms with Crippen LogP contribution in [0.3, 0.4) is 0 Å². The number of aliphatic hydroxyl groups is 1. The van der Waals surface area contributed by atoms with Gasteiger partial charge in [0, 0.05) is 12.5 Å². The summed E-state index contributed by atoms with van der Waals surface area (Å²) in [5, 5.41) is 10.5. The van der Waals surface area contributed by atoms with Crippen molar-refractivity contribution in [1.29, 1.82) is 0 Å². The zero-order valence-electron chi connectivity index (χ0n) is 11.7. The van der Waals surface area contributed by atoms with Crippen molar-refractivity contribution < 1.29 is 5.11 Å². The van der Waals surface area contributed by atoms with Gasteiger partial charge in [-0.3, -0.25) is 0 Å². The molecular formula is C16H25NO. The van der Waals surface area contributed by atoms with Crippen molar-refractivity contribution in [2.45, 2.75) is 45.6 Å². The summed E-state index contributed by atoms with van der Waals surface area (Å²) >= 11 is 0. The fourth-order valence-corrected chi connectivity index (χ4v) is 2.74. The van der Waals surface area contributed by atoms with Crippen LogP contribution < -0.4 is 5.73 Å². The molecule has 1 aromatic carbocycles. The van der Waals surface area contributed by atoms with Crippen molar-refractivity contribution in [2.24, 2.45) is 17.6 Å².